The minimum atomic E-state index is -0.689. The number of aromatic amines is 2. The van der Waals surface area contributed by atoms with E-state index in [9.17, 15) is 19.2 Å². The van der Waals surface area contributed by atoms with Crippen molar-refractivity contribution in [2.24, 2.45) is 17.8 Å². The van der Waals surface area contributed by atoms with Crippen molar-refractivity contribution < 1.29 is 28.7 Å². The fraction of sp³-hybridized carbons (Fsp3) is 0.435. The van der Waals surface area contributed by atoms with E-state index in [2.05, 4.69) is 81.3 Å². The van der Waals surface area contributed by atoms with Crippen LogP contribution in [0.5, 0.6) is 0 Å². The summed E-state index contributed by atoms with van der Waals surface area (Å²) in [5, 5.41) is 5.47. The zero-order valence-electron chi connectivity index (χ0n) is 35.0. The lowest BCUT2D eigenvalue weighted by Crippen LogP contribution is -2.54. The van der Waals surface area contributed by atoms with Gasteiger partial charge in [0.25, 0.3) is 0 Å². The van der Waals surface area contributed by atoms with E-state index in [0.29, 0.717) is 12.5 Å². The number of H-pyrrole nitrogens is 2. The third-order valence-electron chi connectivity index (χ3n) is 12.6. The van der Waals surface area contributed by atoms with Crippen LogP contribution in [0.25, 0.3) is 44.5 Å². The summed E-state index contributed by atoms with van der Waals surface area (Å²) in [5.41, 5.74) is 7.89. The molecule has 4 N–H and O–H groups in total. The summed E-state index contributed by atoms with van der Waals surface area (Å²) in [5.74, 6) is 1.40. The average molecular weight is 815 g/mol. The maximum absolute atomic E-state index is 13.9. The molecular formula is C46H54N8O6. The van der Waals surface area contributed by atoms with Crippen molar-refractivity contribution in [3.05, 3.63) is 84.6 Å². The molecule has 14 nitrogen and oxygen atoms in total. The zero-order chi connectivity index (χ0) is 42.2. The molecule has 8 rings (SSSR count). The highest BCUT2D eigenvalue weighted by molar-refractivity contribution is 5.88. The molecule has 314 valence electrons. The minimum Gasteiger partial charge on any atom is -0.453 e. The Kier molecular flexibility index (Phi) is 11.4. The number of likely N-dealkylation sites (tertiary alicyclic amines) is 2. The molecule has 3 fully saturated rings. The molecule has 0 spiro atoms. The predicted octanol–water partition coefficient (Wildman–Crippen LogP) is 7.76. The predicted molar refractivity (Wildman–Crippen MR) is 227 cm³/mol. The Hall–Kier alpha value is -6.18. The van der Waals surface area contributed by atoms with E-state index < -0.39 is 24.3 Å². The number of methoxy groups -OCH3 is 2. The maximum Gasteiger partial charge on any atom is 0.407 e. The van der Waals surface area contributed by atoms with E-state index in [1.807, 2.05) is 49.8 Å². The quantitative estimate of drug-likeness (QED) is 0.105. The number of nitrogens with zero attached hydrogens (tertiary/aromatic N) is 4. The second-order valence-corrected chi connectivity index (χ2v) is 17.0. The molecule has 14 heteroatoms. The van der Waals surface area contributed by atoms with Crippen molar-refractivity contribution in [3.8, 4) is 33.5 Å². The van der Waals surface area contributed by atoms with Gasteiger partial charge in [-0.25, -0.2) is 19.6 Å². The molecule has 4 amide bonds. The van der Waals surface area contributed by atoms with E-state index in [-0.39, 0.29) is 41.8 Å². The van der Waals surface area contributed by atoms with Gasteiger partial charge in [0.15, 0.2) is 0 Å². The lowest BCUT2D eigenvalue weighted by atomic mass is 9.95. The second-order valence-electron chi connectivity index (χ2n) is 17.0. The van der Waals surface area contributed by atoms with Gasteiger partial charge in [-0.05, 0) is 89.8 Å². The minimum absolute atomic E-state index is 0.0919. The number of rotatable bonds is 11. The number of imidazole rings is 2. The van der Waals surface area contributed by atoms with Crippen LogP contribution in [-0.4, -0.2) is 92.6 Å². The van der Waals surface area contributed by atoms with Gasteiger partial charge in [-0.2, -0.15) is 0 Å². The van der Waals surface area contributed by atoms with Crippen molar-refractivity contribution >= 4 is 35.0 Å². The first kappa shape index (κ1) is 40.6. The monoisotopic (exact) mass is 814 g/mol. The summed E-state index contributed by atoms with van der Waals surface area (Å²) >= 11 is 0. The zero-order valence-corrected chi connectivity index (χ0v) is 35.0. The average Bonchev–Trinajstić information content (AvgIpc) is 4.12. The number of piperidine rings is 1. The number of ether oxygens (including phenoxy) is 2. The van der Waals surface area contributed by atoms with Gasteiger partial charge in [0, 0.05) is 12.6 Å². The third kappa shape index (κ3) is 7.82. The number of carbonyl (C=O) groups excluding carboxylic acids is 4. The number of carbonyl (C=O) groups is 4. The van der Waals surface area contributed by atoms with Crippen molar-refractivity contribution in [2.45, 2.75) is 90.0 Å². The van der Waals surface area contributed by atoms with Crippen LogP contribution in [0.1, 0.15) is 83.5 Å². The number of nitrogens with one attached hydrogen (secondary N) is 4. The molecule has 3 aliphatic rings. The van der Waals surface area contributed by atoms with E-state index in [1.54, 1.807) is 0 Å². The number of fused-ring (bicyclic) bond motifs is 3. The molecule has 0 unspecified atom stereocenters. The van der Waals surface area contributed by atoms with Gasteiger partial charge in [0.05, 0.1) is 49.2 Å². The van der Waals surface area contributed by atoms with Gasteiger partial charge in [0.1, 0.15) is 23.7 Å². The summed E-state index contributed by atoms with van der Waals surface area (Å²) in [4.78, 5) is 72.2. The van der Waals surface area contributed by atoms with E-state index in [0.717, 1.165) is 88.3 Å². The van der Waals surface area contributed by atoms with Crippen LogP contribution in [0.3, 0.4) is 0 Å². The number of aromatic nitrogens is 4. The molecule has 60 heavy (non-hydrogen) atoms. The van der Waals surface area contributed by atoms with Crippen LogP contribution in [0.4, 0.5) is 9.59 Å². The highest BCUT2D eigenvalue weighted by Gasteiger charge is 2.51. The van der Waals surface area contributed by atoms with Crippen LogP contribution < -0.4 is 10.6 Å². The Labute approximate surface area is 349 Å². The van der Waals surface area contributed by atoms with Crippen LogP contribution >= 0.6 is 0 Å². The van der Waals surface area contributed by atoms with Gasteiger partial charge in [-0.15, -0.1) is 0 Å². The number of hydrogen-bond donors (Lipinski definition) is 4. The second kappa shape index (κ2) is 16.8. The molecule has 2 saturated heterocycles. The first-order valence-electron chi connectivity index (χ1n) is 21.0. The van der Waals surface area contributed by atoms with Crippen LogP contribution in [0.2, 0.25) is 0 Å². The molecule has 4 heterocycles. The van der Waals surface area contributed by atoms with E-state index in [4.69, 9.17) is 19.4 Å². The number of benzene rings is 3. The topological polar surface area (TPSA) is 175 Å². The summed E-state index contributed by atoms with van der Waals surface area (Å²) < 4.78 is 9.60. The molecule has 1 saturated carbocycles. The summed E-state index contributed by atoms with van der Waals surface area (Å²) in [6, 6.07) is 21.4. The summed E-state index contributed by atoms with van der Waals surface area (Å²) in [7, 11) is 2.60. The lowest BCUT2D eigenvalue weighted by Gasteiger charge is -2.37. The fourth-order valence-electron chi connectivity index (χ4n) is 9.41. The molecule has 3 aromatic carbocycles. The fourth-order valence-corrected chi connectivity index (χ4v) is 9.41. The Morgan fingerprint density at radius 3 is 1.92 bits per heavy atom. The normalized spacial score (nSPS) is 20.8. The number of alkyl carbamates (subject to hydrolysis) is 2. The highest BCUT2D eigenvalue weighted by Crippen LogP contribution is 2.50. The standard InChI is InChI=1S/C46H54N8O6/c1-25(2)38(51-45(57)59-5)43(55)53-21-7-8-37(53)41-48-34-20-18-31(23-35(34)49-41)29-11-9-27(10-12-29)28-13-15-30(16-14-28)36-24-47-42(50-36)40-32-17-19-33(22-32)54(40)44(56)39(26(3)4)52-46(58)60-6/h9-16,18,20,23-26,32-33,37-40H,7-8,17,19,21-22H2,1-6H3,(H,47,50)(H,48,49)(H,51,57)(H,52,58)/t32-,33-,37+,38+,39+,40+/m1/s1. The van der Waals surface area contributed by atoms with Crippen molar-refractivity contribution in [2.75, 3.05) is 20.8 Å². The summed E-state index contributed by atoms with van der Waals surface area (Å²) in [6.45, 7) is 8.27. The third-order valence-corrected chi connectivity index (χ3v) is 12.6. The molecule has 5 aromatic rings. The Bertz CT molecular complexity index is 2370. The first-order chi connectivity index (χ1) is 28.9. The molecule has 6 atom stereocenters. The maximum atomic E-state index is 13.9. The van der Waals surface area contributed by atoms with Crippen LogP contribution in [0.15, 0.2) is 72.9 Å². The van der Waals surface area contributed by atoms with Crippen LogP contribution in [0, 0.1) is 17.8 Å². The molecule has 2 aliphatic heterocycles. The molecule has 2 aromatic heterocycles. The smallest absolute Gasteiger partial charge is 0.407 e. The number of hydrogen-bond acceptors (Lipinski definition) is 8. The van der Waals surface area contributed by atoms with Crippen molar-refractivity contribution in [1.29, 1.82) is 0 Å². The Morgan fingerprint density at radius 2 is 1.30 bits per heavy atom. The van der Waals surface area contributed by atoms with Crippen molar-refractivity contribution in [1.82, 2.24) is 40.4 Å². The van der Waals surface area contributed by atoms with E-state index in [1.165, 1.54) is 14.2 Å². The number of amides is 4. The lowest BCUT2D eigenvalue weighted by molar-refractivity contribution is -0.139. The highest BCUT2D eigenvalue weighted by atomic mass is 16.5. The molecular weight excluding hydrogens is 761 g/mol. The SMILES string of the molecule is COC(=O)N[C@H](C(=O)N1CCC[C@H]1c1nc2ccc(-c3ccc(-c4ccc(-c5cnc([C@@H]6[C@@H]7CC[C@H](C7)N6C(=O)[C@@H](NC(=O)OC)C(C)C)[nH]5)cc4)cc3)cc2[nH]1)C(C)C. The van der Waals surface area contributed by atoms with Gasteiger partial charge >= 0.3 is 12.2 Å². The van der Waals surface area contributed by atoms with Gasteiger partial charge in [-0.3, -0.25) is 9.59 Å². The molecule has 0 radical (unpaired) electrons. The summed E-state index contributed by atoms with van der Waals surface area (Å²) in [6.07, 6.45) is 5.18. The molecule has 2 bridgehead atoms. The first-order valence-corrected chi connectivity index (χ1v) is 21.0. The Balaban J connectivity index is 0.947. The molecule has 1 aliphatic carbocycles. The van der Waals surface area contributed by atoms with Gasteiger partial charge in [0.2, 0.25) is 11.8 Å². The largest absolute Gasteiger partial charge is 0.453 e. The van der Waals surface area contributed by atoms with Gasteiger partial charge in [-0.1, -0.05) is 82.3 Å². The van der Waals surface area contributed by atoms with E-state index >= 15 is 0 Å². The Morgan fingerprint density at radius 1 is 0.717 bits per heavy atom. The van der Waals surface area contributed by atoms with Gasteiger partial charge < -0.3 is 39.9 Å². The van der Waals surface area contributed by atoms with Crippen molar-refractivity contribution in [3.63, 3.8) is 0 Å². The van der Waals surface area contributed by atoms with Crippen LogP contribution in [-0.2, 0) is 19.1 Å².